The number of rotatable bonds is 6. The van der Waals surface area contributed by atoms with E-state index in [1.807, 2.05) is 37.8 Å². The molecule has 2 aromatic carbocycles. The maximum Gasteiger partial charge on any atom is 0.410 e. The van der Waals surface area contributed by atoms with E-state index in [1.165, 1.54) is 10.4 Å². The van der Waals surface area contributed by atoms with Gasteiger partial charge in [-0.05, 0) is 74.2 Å². The number of carbonyl (C=O) groups is 2. The van der Waals surface area contributed by atoms with E-state index in [4.69, 9.17) is 9.16 Å². The van der Waals surface area contributed by atoms with Gasteiger partial charge in [0, 0.05) is 12.5 Å². The first kappa shape index (κ1) is 30.3. The largest absolute Gasteiger partial charge is 0.481 e. The second kappa shape index (κ2) is 11.7. The van der Waals surface area contributed by atoms with E-state index in [0.29, 0.717) is 0 Å². The minimum Gasteiger partial charge on any atom is -0.481 e. The average Bonchev–Trinajstić information content (AvgIpc) is 2.86. The Balaban J connectivity index is 1.83. The molecule has 218 valence electrons. The number of benzene rings is 2. The summed E-state index contributed by atoms with van der Waals surface area (Å²) in [5.41, 5.74) is -0.632. The summed E-state index contributed by atoms with van der Waals surface area (Å²) in [7, 11) is -2.90. The molecule has 40 heavy (non-hydrogen) atoms. The number of amides is 1. The third kappa shape index (κ3) is 6.15. The fraction of sp³-hybridized carbons (Fsp3) is 0.576. The average molecular weight is 566 g/mol. The fourth-order valence-electron chi connectivity index (χ4n) is 7.13. The molecule has 2 aromatic rings. The van der Waals surface area contributed by atoms with Gasteiger partial charge in [0.15, 0.2) is 0 Å². The van der Waals surface area contributed by atoms with Crippen LogP contribution >= 0.6 is 0 Å². The second-order valence-electron chi connectivity index (χ2n) is 13.7. The van der Waals surface area contributed by atoms with Crippen LogP contribution in [0.15, 0.2) is 60.7 Å². The van der Waals surface area contributed by atoms with Crippen LogP contribution in [0.4, 0.5) is 4.79 Å². The first-order valence-corrected chi connectivity index (χ1v) is 16.7. The third-order valence-electron chi connectivity index (χ3n) is 8.80. The number of carbonyl (C=O) groups excluding carboxylic acids is 1. The molecule has 1 amide bonds. The van der Waals surface area contributed by atoms with Gasteiger partial charge in [-0.25, -0.2) is 4.79 Å². The number of fused-ring (bicyclic) bond motifs is 1. The molecule has 7 heteroatoms. The first-order valence-electron chi connectivity index (χ1n) is 14.8. The Hall–Kier alpha value is -2.64. The fourth-order valence-corrected chi connectivity index (χ4v) is 11.9. The zero-order chi connectivity index (χ0) is 29.3. The Bertz CT molecular complexity index is 1120. The molecule has 2 fully saturated rings. The zero-order valence-corrected chi connectivity index (χ0v) is 26.2. The Kier molecular flexibility index (Phi) is 8.86. The van der Waals surface area contributed by atoms with Crippen molar-refractivity contribution in [2.24, 2.45) is 11.8 Å². The topological polar surface area (TPSA) is 76.1 Å². The van der Waals surface area contributed by atoms with Crippen LogP contribution in [0.3, 0.4) is 0 Å². The predicted molar refractivity (Wildman–Crippen MR) is 162 cm³/mol. The molecule has 1 aliphatic heterocycles. The standard InChI is InChI=1S/C33H47NO5Si/c1-23-29(39-40(33(5,6)7,25-16-10-8-11-17-25)26-18-12-9-13-19-26)22-27-24(21-30(35)36)15-14-20-28(27)34(23)31(37)38-32(2,3)4/h8-13,16-19,23-24,27-29H,14-15,20-22H2,1-7H3,(H,35,36)/t23-,24-,27+,28-,29-/m1/s1. The SMILES string of the molecule is C[C@@H]1[C@H](O[Si](c2ccccc2)(c2ccccc2)C(C)(C)C)C[C@H]2[C@@H](CC(=O)O)CCC[C@H]2N1C(=O)OC(C)(C)C. The van der Waals surface area contributed by atoms with E-state index in [0.717, 1.165) is 25.7 Å². The lowest BCUT2D eigenvalue weighted by Gasteiger charge is -2.55. The minimum absolute atomic E-state index is 0.000981. The summed E-state index contributed by atoms with van der Waals surface area (Å²) in [5, 5.41) is 11.9. The molecule has 1 saturated heterocycles. The summed E-state index contributed by atoms with van der Waals surface area (Å²) < 4.78 is 13.5. The summed E-state index contributed by atoms with van der Waals surface area (Å²) in [6.07, 6.45) is 2.87. The Labute approximate surface area is 241 Å². The van der Waals surface area contributed by atoms with E-state index < -0.39 is 19.9 Å². The number of hydrogen-bond donors (Lipinski definition) is 1. The van der Waals surface area contributed by atoms with Crippen molar-refractivity contribution in [1.29, 1.82) is 0 Å². The summed E-state index contributed by atoms with van der Waals surface area (Å²) in [6, 6.07) is 20.8. The highest BCUT2D eigenvalue weighted by molar-refractivity contribution is 6.99. The lowest BCUT2D eigenvalue weighted by atomic mass is 9.68. The van der Waals surface area contributed by atoms with Crippen molar-refractivity contribution in [3.8, 4) is 0 Å². The maximum absolute atomic E-state index is 13.8. The van der Waals surface area contributed by atoms with Crippen molar-refractivity contribution < 1.29 is 23.9 Å². The normalized spacial score (nSPS) is 25.7. The monoisotopic (exact) mass is 565 g/mol. The van der Waals surface area contributed by atoms with E-state index in [-0.39, 0.29) is 47.6 Å². The van der Waals surface area contributed by atoms with E-state index in [2.05, 4.69) is 76.2 Å². The Morgan fingerprint density at radius 1 is 0.925 bits per heavy atom. The van der Waals surface area contributed by atoms with Crippen LogP contribution < -0.4 is 10.4 Å². The number of hydrogen-bond acceptors (Lipinski definition) is 4. The van der Waals surface area contributed by atoms with Gasteiger partial charge in [0.2, 0.25) is 0 Å². The Morgan fingerprint density at radius 3 is 1.95 bits per heavy atom. The van der Waals surface area contributed by atoms with Crippen LogP contribution in [0.1, 0.15) is 80.6 Å². The summed E-state index contributed by atoms with van der Waals surface area (Å²) in [6.45, 7) is 14.5. The molecule has 0 radical (unpaired) electrons. The highest BCUT2D eigenvalue weighted by atomic mass is 28.4. The number of ether oxygens (including phenoxy) is 1. The molecule has 0 bridgehead atoms. The Morgan fingerprint density at radius 2 is 1.48 bits per heavy atom. The molecule has 0 aromatic heterocycles. The van der Waals surface area contributed by atoms with Gasteiger partial charge in [0.25, 0.3) is 8.32 Å². The molecule has 6 nitrogen and oxygen atoms in total. The third-order valence-corrected chi connectivity index (χ3v) is 13.9. The molecule has 0 spiro atoms. The van der Waals surface area contributed by atoms with Crippen molar-refractivity contribution in [2.45, 2.75) is 109 Å². The van der Waals surface area contributed by atoms with Crippen LogP contribution in [-0.2, 0) is 14.0 Å². The van der Waals surface area contributed by atoms with Crippen molar-refractivity contribution >= 4 is 30.8 Å². The molecule has 4 rings (SSSR count). The van der Waals surface area contributed by atoms with Gasteiger partial charge in [-0.2, -0.15) is 0 Å². The molecular weight excluding hydrogens is 518 g/mol. The lowest BCUT2D eigenvalue weighted by molar-refractivity contribution is -0.140. The number of carboxylic acids is 1. The van der Waals surface area contributed by atoms with Gasteiger partial charge in [-0.3, -0.25) is 9.69 Å². The summed E-state index contributed by atoms with van der Waals surface area (Å²) >= 11 is 0. The molecule has 2 aliphatic rings. The molecule has 1 heterocycles. The number of aliphatic carboxylic acids is 1. The highest BCUT2D eigenvalue weighted by Crippen LogP contribution is 2.46. The zero-order valence-electron chi connectivity index (χ0n) is 25.2. The number of nitrogens with zero attached hydrogens (tertiary/aromatic N) is 1. The predicted octanol–water partition coefficient (Wildman–Crippen LogP) is 6.22. The highest BCUT2D eigenvalue weighted by Gasteiger charge is 2.56. The quantitative estimate of drug-likeness (QED) is 0.421. The van der Waals surface area contributed by atoms with Crippen molar-refractivity contribution in [2.75, 3.05) is 0 Å². The summed E-state index contributed by atoms with van der Waals surface area (Å²) in [5.74, 6) is -0.742. The maximum atomic E-state index is 13.8. The van der Waals surface area contributed by atoms with Gasteiger partial charge < -0.3 is 14.3 Å². The number of likely N-dealkylation sites (tertiary alicyclic amines) is 1. The van der Waals surface area contributed by atoms with Crippen molar-refractivity contribution in [3.63, 3.8) is 0 Å². The van der Waals surface area contributed by atoms with Crippen LogP contribution in [0.5, 0.6) is 0 Å². The van der Waals surface area contributed by atoms with E-state index in [9.17, 15) is 14.7 Å². The molecular formula is C33H47NO5Si. The van der Waals surface area contributed by atoms with Gasteiger partial charge in [0.1, 0.15) is 5.60 Å². The van der Waals surface area contributed by atoms with Crippen LogP contribution in [0.2, 0.25) is 5.04 Å². The molecule has 0 unspecified atom stereocenters. The van der Waals surface area contributed by atoms with E-state index >= 15 is 0 Å². The van der Waals surface area contributed by atoms with Gasteiger partial charge >= 0.3 is 12.1 Å². The molecule has 1 N–H and O–H groups in total. The summed E-state index contributed by atoms with van der Waals surface area (Å²) in [4.78, 5) is 27.6. The van der Waals surface area contributed by atoms with Crippen LogP contribution in [-0.4, -0.2) is 54.2 Å². The lowest BCUT2D eigenvalue weighted by Crippen LogP contribution is -2.71. The van der Waals surface area contributed by atoms with Crippen molar-refractivity contribution in [1.82, 2.24) is 4.90 Å². The molecule has 1 saturated carbocycles. The number of piperidine rings is 1. The number of carboxylic acid groups (broad SMARTS) is 1. The van der Waals surface area contributed by atoms with E-state index in [1.54, 1.807) is 0 Å². The minimum atomic E-state index is -2.90. The first-order chi connectivity index (χ1) is 18.7. The smallest absolute Gasteiger partial charge is 0.410 e. The van der Waals surface area contributed by atoms with Crippen LogP contribution in [0.25, 0.3) is 0 Å². The second-order valence-corrected chi connectivity index (χ2v) is 18.0. The van der Waals surface area contributed by atoms with Crippen LogP contribution in [0, 0.1) is 11.8 Å². The molecule has 1 aliphatic carbocycles. The van der Waals surface area contributed by atoms with Gasteiger partial charge in [-0.15, -0.1) is 0 Å². The van der Waals surface area contributed by atoms with Gasteiger partial charge in [-0.1, -0.05) is 87.9 Å². The van der Waals surface area contributed by atoms with Crippen molar-refractivity contribution in [3.05, 3.63) is 60.7 Å². The van der Waals surface area contributed by atoms with Gasteiger partial charge in [0.05, 0.1) is 12.1 Å². The molecule has 5 atom stereocenters.